The Balaban J connectivity index is 2.14. The number of rotatable bonds is 3. The van der Waals surface area contributed by atoms with E-state index in [0.717, 1.165) is 19.6 Å². The van der Waals surface area contributed by atoms with E-state index in [0.29, 0.717) is 6.61 Å². The van der Waals surface area contributed by atoms with E-state index in [1.54, 1.807) is 0 Å². The molecule has 1 unspecified atom stereocenters. The van der Waals surface area contributed by atoms with Crippen LogP contribution in [0.1, 0.15) is 12.5 Å². The van der Waals surface area contributed by atoms with Crippen LogP contribution in [0.5, 0.6) is 0 Å². The largest absolute Gasteiger partial charge is 0.394 e. The quantitative estimate of drug-likeness (QED) is 0.838. The molecule has 1 aromatic rings. The van der Waals surface area contributed by atoms with Gasteiger partial charge in [-0.2, -0.15) is 0 Å². The molecule has 3 nitrogen and oxygen atoms in total. The molecule has 1 aromatic carbocycles. The molecule has 16 heavy (non-hydrogen) atoms. The molecule has 0 bridgehead atoms. The number of anilines is 1. The van der Waals surface area contributed by atoms with Crippen LogP contribution in [0, 0.1) is 0 Å². The summed E-state index contributed by atoms with van der Waals surface area (Å²) < 4.78 is 5.37. The lowest BCUT2D eigenvalue weighted by molar-refractivity contribution is 0.0727. The van der Waals surface area contributed by atoms with Gasteiger partial charge < -0.3 is 14.7 Å². The van der Waals surface area contributed by atoms with Crippen LogP contribution in [0.25, 0.3) is 0 Å². The Morgan fingerprint density at radius 2 is 2.12 bits per heavy atom. The lowest BCUT2D eigenvalue weighted by atomic mass is 10.1. The molecule has 0 saturated carbocycles. The van der Waals surface area contributed by atoms with Crippen molar-refractivity contribution in [3.05, 3.63) is 29.8 Å². The van der Waals surface area contributed by atoms with Crippen LogP contribution in [0.2, 0.25) is 0 Å². The third-order valence-corrected chi connectivity index (χ3v) is 3.11. The van der Waals surface area contributed by atoms with Gasteiger partial charge in [-0.3, -0.25) is 0 Å². The van der Waals surface area contributed by atoms with Gasteiger partial charge in [0.05, 0.1) is 25.9 Å². The normalized spacial score (nSPS) is 21.1. The van der Waals surface area contributed by atoms with Crippen molar-refractivity contribution in [1.29, 1.82) is 0 Å². The van der Waals surface area contributed by atoms with Crippen LogP contribution in [0.4, 0.5) is 5.69 Å². The average Bonchev–Trinajstić information content (AvgIpc) is 2.39. The molecule has 0 radical (unpaired) electrons. The second-order valence-electron chi connectivity index (χ2n) is 4.12. The molecule has 1 N–H and O–H groups in total. The zero-order valence-corrected chi connectivity index (χ0v) is 9.72. The van der Waals surface area contributed by atoms with Crippen molar-refractivity contribution in [2.45, 2.75) is 19.4 Å². The van der Waals surface area contributed by atoms with Crippen molar-refractivity contribution in [3.63, 3.8) is 0 Å². The van der Waals surface area contributed by atoms with E-state index in [-0.39, 0.29) is 12.6 Å². The summed E-state index contributed by atoms with van der Waals surface area (Å²) in [6.07, 6.45) is 1.06. The monoisotopic (exact) mass is 221 g/mol. The first-order valence-electron chi connectivity index (χ1n) is 5.89. The molecular weight excluding hydrogens is 202 g/mol. The molecule has 1 atom stereocenters. The van der Waals surface area contributed by atoms with E-state index in [1.807, 2.05) is 0 Å². The van der Waals surface area contributed by atoms with Gasteiger partial charge in [0, 0.05) is 12.2 Å². The fourth-order valence-corrected chi connectivity index (χ4v) is 2.07. The van der Waals surface area contributed by atoms with Gasteiger partial charge in [0.2, 0.25) is 0 Å². The highest BCUT2D eigenvalue weighted by molar-refractivity contribution is 5.49. The molecule has 1 heterocycles. The lowest BCUT2D eigenvalue weighted by Crippen LogP contribution is -2.47. The summed E-state index contributed by atoms with van der Waals surface area (Å²) in [5.74, 6) is 0. The van der Waals surface area contributed by atoms with Crippen LogP contribution >= 0.6 is 0 Å². The van der Waals surface area contributed by atoms with E-state index in [4.69, 9.17) is 4.74 Å². The highest BCUT2D eigenvalue weighted by atomic mass is 16.5. The average molecular weight is 221 g/mol. The van der Waals surface area contributed by atoms with E-state index in [1.165, 1.54) is 11.3 Å². The van der Waals surface area contributed by atoms with Crippen molar-refractivity contribution < 1.29 is 9.84 Å². The zero-order valence-electron chi connectivity index (χ0n) is 9.72. The number of aryl methyl sites for hydroxylation is 1. The summed E-state index contributed by atoms with van der Waals surface area (Å²) in [6.45, 7) is 4.52. The molecule has 1 fully saturated rings. The Bertz CT molecular complexity index is 323. The number of benzene rings is 1. The molecule has 0 amide bonds. The van der Waals surface area contributed by atoms with Crippen molar-refractivity contribution in [2.24, 2.45) is 0 Å². The molecule has 1 aliphatic heterocycles. The third-order valence-electron chi connectivity index (χ3n) is 3.11. The van der Waals surface area contributed by atoms with Crippen LogP contribution in [0.3, 0.4) is 0 Å². The Morgan fingerprint density at radius 3 is 2.75 bits per heavy atom. The van der Waals surface area contributed by atoms with Crippen LogP contribution < -0.4 is 4.90 Å². The molecule has 0 spiro atoms. The molecule has 2 rings (SSSR count). The van der Waals surface area contributed by atoms with Gasteiger partial charge in [-0.1, -0.05) is 19.1 Å². The first-order valence-corrected chi connectivity index (χ1v) is 5.89. The predicted octanol–water partition coefficient (Wildman–Crippen LogP) is 1.45. The van der Waals surface area contributed by atoms with E-state index in [9.17, 15) is 5.11 Å². The minimum Gasteiger partial charge on any atom is -0.394 e. The standard InChI is InChI=1S/C13H19NO2/c1-2-11-3-5-12(6-4-11)14-7-8-16-10-13(14)9-15/h3-6,13,15H,2,7-10H2,1H3. The lowest BCUT2D eigenvalue weighted by Gasteiger charge is -2.36. The maximum atomic E-state index is 9.30. The second-order valence-corrected chi connectivity index (χ2v) is 4.12. The van der Waals surface area contributed by atoms with Gasteiger partial charge in [0.15, 0.2) is 0 Å². The number of nitrogens with zero attached hydrogens (tertiary/aromatic N) is 1. The van der Waals surface area contributed by atoms with Crippen LogP contribution in [-0.4, -0.2) is 37.5 Å². The topological polar surface area (TPSA) is 32.7 Å². The number of morpholine rings is 1. The van der Waals surface area contributed by atoms with Gasteiger partial charge in [0.1, 0.15) is 0 Å². The number of ether oxygens (including phenoxy) is 1. The first-order chi connectivity index (χ1) is 7.85. The third kappa shape index (κ3) is 2.36. The number of hydrogen-bond donors (Lipinski definition) is 1. The molecule has 0 aromatic heterocycles. The van der Waals surface area contributed by atoms with Crippen molar-refractivity contribution in [3.8, 4) is 0 Å². The Kier molecular flexibility index (Phi) is 3.80. The summed E-state index contributed by atoms with van der Waals surface area (Å²) in [4.78, 5) is 2.23. The number of hydrogen-bond acceptors (Lipinski definition) is 3. The molecule has 1 saturated heterocycles. The Morgan fingerprint density at radius 1 is 1.38 bits per heavy atom. The van der Waals surface area contributed by atoms with Gasteiger partial charge in [-0.05, 0) is 24.1 Å². The van der Waals surface area contributed by atoms with Crippen LogP contribution in [0.15, 0.2) is 24.3 Å². The fraction of sp³-hybridized carbons (Fsp3) is 0.538. The summed E-state index contributed by atoms with van der Waals surface area (Å²) in [5, 5.41) is 9.30. The van der Waals surface area contributed by atoms with Gasteiger partial charge in [-0.25, -0.2) is 0 Å². The maximum absolute atomic E-state index is 9.30. The smallest absolute Gasteiger partial charge is 0.0755 e. The van der Waals surface area contributed by atoms with Crippen LogP contribution in [-0.2, 0) is 11.2 Å². The maximum Gasteiger partial charge on any atom is 0.0755 e. The summed E-state index contributed by atoms with van der Waals surface area (Å²) in [5.41, 5.74) is 2.53. The van der Waals surface area contributed by atoms with E-state index in [2.05, 4.69) is 36.1 Å². The zero-order chi connectivity index (χ0) is 11.4. The van der Waals surface area contributed by atoms with Crippen molar-refractivity contribution >= 4 is 5.69 Å². The van der Waals surface area contributed by atoms with Crippen molar-refractivity contribution in [1.82, 2.24) is 0 Å². The van der Waals surface area contributed by atoms with E-state index < -0.39 is 0 Å². The minimum absolute atomic E-state index is 0.0984. The van der Waals surface area contributed by atoms with Crippen molar-refractivity contribution in [2.75, 3.05) is 31.3 Å². The SMILES string of the molecule is CCc1ccc(N2CCOCC2CO)cc1. The fourth-order valence-electron chi connectivity index (χ4n) is 2.07. The molecule has 88 valence electrons. The highest BCUT2D eigenvalue weighted by Crippen LogP contribution is 2.20. The summed E-state index contributed by atoms with van der Waals surface area (Å²) in [7, 11) is 0. The van der Waals surface area contributed by atoms with Gasteiger partial charge >= 0.3 is 0 Å². The molecule has 3 heteroatoms. The number of aliphatic hydroxyl groups excluding tert-OH is 1. The minimum atomic E-state index is 0.0984. The Hall–Kier alpha value is -1.06. The van der Waals surface area contributed by atoms with E-state index >= 15 is 0 Å². The van der Waals surface area contributed by atoms with Gasteiger partial charge in [-0.15, -0.1) is 0 Å². The molecular formula is C13H19NO2. The second kappa shape index (κ2) is 5.32. The summed E-state index contributed by atoms with van der Waals surface area (Å²) in [6, 6.07) is 8.67. The highest BCUT2D eigenvalue weighted by Gasteiger charge is 2.22. The Labute approximate surface area is 96.6 Å². The van der Waals surface area contributed by atoms with Gasteiger partial charge in [0.25, 0.3) is 0 Å². The molecule has 0 aliphatic carbocycles. The molecule has 1 aliphatic rings. The first kappa shape index (κ1) is 11.4. The summed E-state index contributed by atoms with van der Waals surface area (Å²) >= 11 is 0. The predicted molar refractivity (Wildman–Crippen MR) is 64.9 cm³/mol. The number of aliphatic hydroxyl groups is 1.